The summed E-state index contributed by atoms with van der Waals surface area (Å²) in [4.78, 5) is 13.7. The lowest BCUT2D eigenvalue weighted by molar-refractivity contribution is -0.135. The van der Waals surface area contributed by atoms with Crippen molar-refractivity contribution < 1.29 is 14.6 Å². The molecule has 6 nitrogen and oxygen atoms in total. The molecule has 0 aliphatic rings. The van der Waals surface area contributed by atoms with Crippen molar-refractivity contribution in [2.24, 2.45) is 11.5 Å². The molecule has 124 valence electrons. The second-order valence-corrected chi connectivity index (χ2v) is 5.32. The van der Waals surface area contributed by atoms with Gasteiger partial charge in [0.25, 0.3) is 0 Å². The molecule has 6 heteroatoms. The number of carbonyl (C=O) groups is 1. The minimum atomic E-state index is -0.736. The Labute approximate surface area is 132 Å². The van der Waals surface area contributed by atoms with Crippen molar-refractivity contribution in [1.29, 1.82) is 0 Å². The van der Waals surface area contributed by atoms with Gasteiger partial charge in [-0.15, -0.1) is 0 Å². The van der Waals surface area contributed by atoms with E-state index in [1.54, 1.807) is 7.05 Å². The van der Waals surface area contributed by atoms with Crippen LogP contribution in [0.2, 0.25) is 0 Å². The third kappa shape index (κ3) is 6.11. The van der Waals surface area contributed by atoms with Gasteiger partial charge in [0.2, 0.25) is 5.91 Å². The Morgan fingerprint density at radius 1 is 1.36 bits per heavy atom. The van der Waals surface area contributed by atoms with E-state index in [2.05, 4.69) is 0 Å². The Morgan fingerprint density at radius 3 is 2.64 bits per heavy atom. The first-order valence-electron chi connectivity index (χ1n) is 7.55. The number of nitrogens with two attached hydrogens (primary N) is 2. The summed E-state index contributed by atoms with van der Waals surface area (Å²) in [7, 11) is 1.65. The number of likely N-dealkylation sites (N-methyl/N-ethyl adjacent to an activating group) is 1. The van der Waals surface area contributed by atoms with E-state index in [4.69, 9.17) is 16.2 Å². The Bertz CT molecular complexity index is 428. The molecule has 2 atom stereocenters. The first-order chi connectivity index (χ1) is 10.6. The molecule has 5 N–H and O–H groups in total. The number of hydrogen-bond donors (Lipinski definition) is 3. The van der Waals surface area contributed by atoms with Crippen molar-refractivity contribution in [1.82, 2.24) is 4.90 Å². The monoisotopic (exact) mass is 309 g/mol. The number of carbonyl (C=O) groups excluding carboxylic acids is 1. The lowest BCUT2D eigenvalue weighted by Crippen LogP contribution is -2.49. The summed E-state index contributed by atoms with van der Waals surface area (Å²) < 4.78 is 5.49. The van der Waals surface area contributed by atoms with Gasteiger partial charge < -0.3 is 26.2 Å². The third-order valence-electron chi connectivity index (χ3n) is 3.57. The number of aliphatic hydroxyl groups is 1. The zero-order valence-electron chi connectivity index (χ0n) is 13.1. The van der Waals surface area contributed by atoms with Crippen molar-refractivity contribution in [3.63, 3.8) is 0 Å². The van der Waals surface area contributed by atoms with Crippen LogP contribution in [-0.4, -0.2) is 54.8 Å². The van der Waals surface area contributed by atoms with Gasteiger partial charge in [0.05, 0.1) is 25.9 Å². The van der Waals surface area contributed by atoms with Gasteiger partial charge in [0.15, 0.2) is 0 Å². The number of hydrogen-bond acceptors (Lipinski definition) is 5. The van der Waals surface area contributed by atoms with Crippen LogP contribution in [0.3, 0.4) is 0 Å². The van der Waals surface area contributed by atoms with Crippen LogP contribution >= 0.6 is 0 Å². The zero-order chi connectivity index (χ0) is 16.4. The molecule has 0 aromatic heterocycles. The van der Waals surface area contributed by atoms with Crippen LogP contribution in [0, 0.1) is 0 Å². The number of amides is 1. The summed E-state index contributed by atoms with van der Waals surface area (Å²) in [6, 6.07) is 8.71. The van der Waals surface area contributed by atoms with Crippen molar-refractivity contribution >= 4 is 5.91 Å². The SMILES string of the molecule is CN(C(=O)C(N)COCc1ccccc1)C(CO)CCCN. The highest BCUT2D eigenvalue weighted by Crippen LogP contribution is 2.07. The van der Waals surface area contributed by atoms with Crippen LogP contribution in [0.15, 0.2) is 30.3 Å². The van der Waals surface area contributed by atoms with Crippen LogP contribution in [0.1, 0.15) is 18.4 Å². The van der Waals surface area contributed by atoms with Crippen LogP contribution in [0.5, 0.6) is 0 Å². The number of rotatable bonds is 10. The predicted octanol–water partition coefficient (Wildman–Crippen LogP) is 0.0887. The molecule has 1 aromatic rings. The minimum Gasteiger partial charge on any atom is -0.394 e. The molecule has 0 fully saturated rings. The predicted molar refractivity (Wildman–Crippen MR) is 86.0 cm³/mol. The maximum atomic E-state index is 12.2. The summed E-state index contributed by atoms with van der Waals surface area (Å²) in [6.07, 6.45) is 1.41. The van der Waals surface area contributed by atoms with Crippen LogP contribution < -0.4 is 11.5 Å². The number of ether oxygens (including phenoxy) is 1. The standard InChI is InChI=1S/C16H27N3O3/c1-19(14(10-20)8-5-9-17)16(21)15(18)12-22-11-13-6-3-2-4-7-13/h2-4,6-7,14-15,20H,5,8-12,17-18H2,1H3. The van der Waals surface area contributed by atoms with Crippen LogP contribution in [0.25, 0.3) is 0 Å². The van der Waals surface area contributed by atoms with Gasteiger partial charge in [-0.3, -0.25) is 4.79 Å². The van der Waals surface area contributed by atoms with Gasteiger partial charge in [-0.1, -0.05) is 30.3 Å². The van der Waals surface area contributed by atoms with Gasteiger partial charge in [-0.2, -0.15) is 0 Å². The average Bonchev–Trinajstić information content (AvgIpc) is 2.55. The molecule has 0 heterocycles. The molecule has 22 heavy (non-hydrogen) atoms. The highest BCUT2D eigenvalue weighted by molar-refractivity contribution is 5.81. The summed E-state index contributed by atoms with van der Waals surface area (Å²) in [5.74, 6) is -0.232. The number of nitrogens with zero attached hydrogens (tertiary/aromatic N) is 1. The molecular weight excluding hydrogens is 282 g/mol. The van der Waals surface area contributed by atoms with Gasteiger partial charge in [0.1, 0.15) is 6.04 Å². The van der Waals surface area contributed by atoms with E-state index in [1.165, 1.54) is 4.90 Å². The molecular formula is C16H27N3O3. The van der Waals surface area contributed by atoms with Crippen LogP contribution in [0.4, 0.5) is 0 Å². The molecule has 0 saturated carbocycles. The van der Waals surface area contributed by atoms with Crippen molar-refractivity contribution in [3.05, 3.63) is 35.9 Å². The summed E-state index contributed by atoms with van der Waals surface area (Å²) >= 11 is 0. The van der Waals surface area contributed by atoms with Crippen molar-refractivity contribution in [2.45, 2.75) is 31.5 Å². The second-order valence-electron chi connectivity index (χ2n) is 5.32. The zero-order valence-corrected chi connectivity index (χ0v) is 13.1. The van der Waals surface area contributed by atoms with E-state index >= 15 is 0 Å². The topological polar surface area (TPSA) is 102 Å². The lowest BCUT2D eigenvalue weighted by atomic mass is 10.1. The molecule has 2 unspecified atom stereocenters. The third-order valence-corrected chi connectivity index (χ3v) is 3.57. The first-order valence-corrected chi connectivity index (χ1v) is 7.55. The highest BCUT2D eigenvalue weighted by Gasteiger charge is 2.24. The summed E-state index contributed by atoms with van der Waals surface area (Å²) in [6.45, 7) is 1.000. The molecule has 1 amide bonds. The largest absolute Gasteiger partial charge is 0.394 e. The van der Waals surface area contributed by atoms with Gasteiger partial charge in [-0.05, 0) is 24.9 Å². The molecule has 0 saturated heterocycles. The van der Waals surface area contributed by atoms with Crippen molar-refractivity contribution in [3.8, 4) is 0 Å². The van der Waals surface area contributed by atoms with Crippen molar-refractivity contribution in [2.75, 3.05) is 26.8 Å². The Morgan fingerprint density at radius 2 is 2.05 bits per heavy atom. The fraction of sp³-hybridized carbons (Fsp3) is 0.562. The Balaban J connectivity index is 2.39. The van der Waals surface area contributed by atoms with E-state index < -0.39 is 6.04 Å². The molecule has 0 bridgehead atoms. The van der Waals surface area contributed by atoms with Gasteiger partial charge >= 0.3 is 0 Å². The number of aliphatic hydroxyl groups excluding tert-OH is 1. The lowest BCUT2D eigenvalue weighted by Gasteiger charge is -2.29. The highest BCUT2D eigenvalue weighted by atomic mass is 16.5. The van der Waals surface area contributed by atoms with E-state index in [9.17, 15) is 9.90 Å². The summed E-state index contributed by atoms with van der Waals surface area (Å²) in [5.41, 5.74) is 12.4. The average molecular weight is 309 g/mol. The van der Waals surface area contributed by atoms with E-state index in [0.29, 0.717) is 19.6 Å². The van der Waals surface area contributed by atoms with E-state index in [0.717, 1.165) is 12.0 Å². The fourth-order valence-electron chi connectivity index (χ4n) is 2.15. The molecule has 0 spiro atoms. The minimum absolute atomic E-state index is 0.0974. The maximum absolute atomic E-state index is 12.2. The van der Waals surface area contributed by atoms with E-state index in [-0.39, 0.29) is 25.2 Å². The first kappa shape index (κ1) is 18.6. The smallest absolute Gasteiger partial charge is 0.241 e. The van der Waals surface area contributed by atoms with Crippen LogP contribution in [-0.2, 0) is 16.1 Å². The molecule has 1 rings (SSSR count). The Hall–Kier alpha value is -1.47. The van der Waals surface area contributed by atoms with E-state index in [1.807, 2.05) is 30.3 Å². The quantitative estimate of drug-likeness (QED) is 0.568. The summed E-state index contributed by atoms with van der Waals surface area (Å²) in [5, 5.41) is 9.37. The normalized spacial score (nSPS) is 13.6. The Kier molecular flexibility index (Phi) is 8.69. The molecule has 0 radical (unpaired) electrons. The van der Waals surface area contributed by atoms with Gasteiger partial charge in [-0.25, -0.2) is 0 Å². The van der Waals surface area contributed by atoms with Gasteiger partial charge in [0, 0.05) is 7.05 Å². The fourth-order valence-corrected chi connectivity index (χ4v) is 2.15. The number of benzene rings is 1. The second kappa shape index (κ2) is 10.3. The molecule has 0 aliphatic carbocycles. The maximum Gasteiger partial charge on any atom is 0.241 e. The molecule has 0 aliphatic heterocycles. The molecule has 1 aromatic carbocycles.